The second-order valence-electron chi connectivity index (χ2n) is 3.69. The normalized spacial score (nSPS) is 10.7. The Hall–Kier alpha value is -1.88. The van der Waals surface area contributed by atoms with Crippen molar-refractivity contribution in [2.45, 2.75) is 20.4 Å². The summed E-state index contributed by atoms with van der Waals surface area (Å²) in [5.41, 5.74) is 7.87. The monoisotopic (exact) mass is 219 g/mol. The van der Waals surface area contributed by atoms with Gasteiger partial charge in [0.15, 0.2) is 0 Å². The van der Waals surface area contributed by atoms with E-state index in [-0.39, 0.29) is 12.3 Å². The van der Waals surface area contributed by atoms with E-state index in [4.69, 9.17) is 10.3 Å². The van der Waals surface area contributed by atoms with Gasteiger partial charge in [-0.25, -0.2) is 0 Å². The maximum Gasteiger partial charge on any atom is 0.240 e. The number of phenolic OH excluding ortho intramolecular Hbond substituents is 1. The molecule has 16 heavy (non-hydrogen) atoms. The van der Waals surface area contributed by atoms with Crippen LogP contribution in [-0.4, -0.2) is 15.2 Å². The van der Waals surface area contributed by atoms with Gasteiger partial charge in [0.25, 0.3) is 0 Å². The van der Waals surface area contributed by atoms with Gasteiger partial charge in [-0.05, 0) is 31.0 Å². The first-order valence-corrected chi connectivity index (χ1v) is 4.95. The van der Waals surface area contributed by atoms with Gasteiger partial charge in [-0.3, -0.25) is 0 Å². The highest BCUT2D eigenvalue weighted by Gasteiger charge is 2.14. The molecule has 0 aliphatic carbocycles. The van der Waals surface area contributed by atoms with Gasteiger partial charge in [0.2, 0.25) is 11.7 Å². The van der Waals surface area contributed by atoms with E-state index in [0.717, 1.165) is 11.1 Å². The summed E-state index contributed by atoms with van der Waals surface area (Å²) >= 11 is 0. The van der Waals surface area contributed by atoms with E-state index in [0.29, 0.717) is 17.3 Å². The number of benzene rings is 1. The molecule has 0 radical (unpaired) electrons. The maximum absolute atomic E-state index is 9.85. The Morgan fingerprint density at radius 3 is 2.69 bits per heavy atom. The van der Waals surface area contributed by atoms with Gasteiger partial charge in [-0.2, -0.15) is 4.98 Å². The summed E-state index contributed by atoms with van der Waals surface area (Å²) < 4.78 is 4.91. The number of hydrogen-bond donors (Lipinski definition) is 2. The summed E-state index contributed by atoms with van der Waals surface area (Å²) in [4.78, 5) is 4.09. The van der Waals surface area contributed by atoms with Crippen LogP contribution in [0.4, 0.5) is 0 Å². The van der Waals surface area contributed by atoms with Crippen molar-refractivity contribution in [1.29, 1.82) is 0 Å². The molecule has 0 aliphatic heterocycles. The molecule has 5 heteroatoms. The molecule has 1 aromatic carbocycles. The van der Waals surface area contributed by atoms with Gasteiger partial charge in [0, 0.05) is 0 Å². The van der Waals surface area contributed by atoms with Crippen molar-refractivity contribution >= 4 is 0 Å². The lowest BCUT2D eigenvalue weighted by atomic mass is 10.0. The predicted molar refractivity (Wildman–Crippen MR) is 58.8 cm³/mol. The van der Waals surface area contributed by atoms with Gasteiger partial charge in [0.05, 0.1) is 12.1 Å². The van der Waals surface area contributed by atoms with Crippen LogP contribution in [0, 0.1) is 13.8 Å². The molecule has 3 N–H and O–H groups in total. The molecular formula is C11H13N3O2. The first-order valence-electron chi connectivity index (χ1n) is 4.95. The zero-order valence-corrected chi connectivity index (χ0v) is 9.19. The van der Waals surface area contributed by atoms with Crippen LogP contribution in [0.25, 0.3) is 11.4 Å². The Balaban J connectivity index is 2.55. The summed E-state index contributed by atoms with van der Waals surface area (Å²) in [5.74, 6) is 0.881. The molecule has 0 fully saturated rings. The highest BCUT2D eigenvalue weighted by Crippen LogP contribution is 2.31. The van der Waals surface area contributed by atoms with Crippen molar-refractivity contribution in [2.75, 3.05) is 0 Å². The van der Waals surface area contributed by atoms with Gasteiger partial charge < -0.3 is 15.4 Å². The largest absolute Gasteiger partial charge is 0.507 e. The number of rotatable bonds is 2. The molecule has 0 bridgehead atoms. The smallest absolute Gasteiger partial charge is 0.240 e. The minimum atomic E-state index is 0.155. The highest BCUT2D eigenvalue weighted by atomic mass is 16.5. The SMILES string of the molecule is Cc1cc(C)c(-c2noc(CN)n2)c(O)c1. The summed E-state index contributed by atoms with van der Waals surface area (Å²) in [7, 11) is 0. The number of aromatic hydroxyl groups is 1. The molecule has 0 amide bonds. The van der Waals surface area contributed by atoms with E-state index in [1.54, 1.807) is 6.07 Å². The Bertz CT molecular complexity index is 497. The molecule has 0 aliphatic rings. The van der Waals surface area contributed by atoms with E-state index < -0.39 is 0 Å². The molecule has 5 nitrogen and oxygen atoms in total. The fourth-order valence-corrected chi connectivity index (χ4v) is 1.68. The molecule has 0 spiro atoms. The van der Waals surface area contributed by atoms with E-state index in [2.05, 4.69) is 10.1 Å². The first-order chi connectivity index (χ1) is 7.61. The van der Waals surface area contributed by atoms with Crippen LogP contribution in [-0.2, 0) is 6.54 Å². The number of nitrogens with zero attached hydrogens (tertiary/aromatic N) is 2. The average molecular weight is 219 g/mol. The lowest BCUT2D eigenvalue weighted by Crippen LogP contribution is -1.96. The van der Waals surface area contributed by atoms with Crippen LogP contribution in [0.1, 0.15) is 17.0 Å². The van der Waals surface area contributed by atoms with Crippen LogP contribution >= 0.6 is 0 Å². The van der Waals surface area contributed by atoms with Crippen molar-refractivity contribution in [2.24, 2.45) is 5.73 Å². The summed E-state index contributed by atoms with van der Waals surface area (Å²) in [6, 6.07) is 3.62. The quantitative estimate of drug-likeness (QED) is 0.799. The average Bonchev–Trinajstić information content (AvgIpc) is 2.64. The Morgan fingerprint density at radius 2 is 2.12 bits per heavy atom. The maximum atomic E-state index is 9.85. The molecule has 2 rings (SSSR count). The summed E-state index contributed by atoms with van der Waals surface area (Å²) in [6.45, 7) is 4.00. The minimum absolute atomic E-state index is 0.155. The number of hydrogen-bond acceptors (Lipinski definition) is 5. The van der Waals surface area contributed by atoms with Gasteiger partial charge in [-0.1, -0.05) is 11.2 Å². The van der Waals surface area contributed by atoms with Crippen LogP contribution in [0.5, 0.6) is 5.75 Å². The molecule has 1 aromatic heterocycles. The van der Waals surface area contributed by atoms with Crippen LogP contribution < -0.4 is 5.73 Å². The van der Waals surface area contributed by atoms with Crippen LogP contribution in [0.2, 0.25) is 0 Å². The van der Waals surface area contributed by atoms with Gasteiger partial charge in [0.1, 0.15) is 5.75 Å². The molecular weight excluding hydrogens is 206 g/mol. The predicted octanol–water partition coefficient (Wildman–Crippen LogP) is 1.52. The molecule has 84 valence electrons. The topological polar surface area (TPSA) is 85.2 Å². The second-order valence-corrected chi connectivity index (χ2v) is 3.69. The van der Waals surface area contributed by atoms with E-state index in [9.17, 15) is 5.11 Å². The summed E-state index contributed by atoms with van der Waals surface area (Å²) in [6.07, 6.45) is 0. The van der Waals surface area contributed by atoms with Crippen molar-refractivity contribution in [1.82, 2.24) is 10.1 Å². The fourth-order valence-electron chi connectivity index (χ4n) is 1.68. The zero-order valence-electron chi connectivity index (χ0n) is 9.19. The number of nitrogens with two attached hydrogens (primary N) is 1. The lowest BCUT2D eigenvalue weighted by Gasteiger charge is -2.05. The molecule has 2 aromatic rings. The lowest BCUT2D eigenvalue weighted by molar-refractivity contribution is 0.380. The molecule has 0 saturated carbocycles. The summed E-state index contributed by atoms with van der Waals surface area (Å²) in [5, 5.41) is 13.6. The number of phenols is 1. The van der Waals surface area contributed by atoms with E-state index in [1.807, 2.05) is 19.9 Å². The van der Waals surface area contributed by atoms with Crippen molar-refractivity contribution in [3.63, 3.8) is 0 Å². The standard InChI is InChI=1S/C11H13N3O2/c1-6-3-7(2)10(8(15)4-6)11-13-9(5-12)16-14-11/h3-4,15H,5,12H2,1-2H3. The van der Waals surface area contributed by atoms with Gasteiger partial charge >= 0.3 is 0 Å². The highest BCUT2D eigenvalue weighted by molar-refractivity contribution is 5.68. The van der Waals surface area contributed by atoms with Gasteiger partial charge in [-0.15, -0.1) is 0 Å². The molecule has 0 saturated heterocycles. The Labute approximate surface area is 92.9 Å². The van der Waals surface area contributed by atoms with E-state index in [1.165, 1.54) is 0 Å². The third-order valence-electron chi connectivity index (χ3n) is 2.33. The Morgan fingerprint density at radius 1 is 1.38 bits per heavy atom. The van der Waals surface area contributed by atoms with Crippen molar-refractivity contribution in [3.05, 3.63) is 29.2 Å². The molecule has 0 atom stereocenters. The third kappa shape index (κ3) is 1.77. The Kier molecular flexibility index (Phi) is 2.62. The molecule has 1 heterocycles. The third-order valence-corrected chi connectivity index (χ3v) is 2.33. The fraction of sp³-hybridized carbons (Fsp3) is 0.273. The number of aryl methyl sites for hydroxylation is 2. The molecule has 0 unspecified atom stereocenters. The minimum Gasteiger partial charge on any atom is -0.507 e. The van der Waals surface area contributed by atoms with E-state index >= 15 is 0 Å². The van der Waals surface area contributed by atoms with Crippen molar-refractivity contribution < 1.29 is 9.63 Å². The second kappa shape index (κ2) is 3.94. The van der Waals surface area contributed by atoms with Crippen LogP contribution in [0.15, 0.2) is 16.7 Å². The zero-order chi connectivity index (χ0) is 11.7. The van der Waals surface area contributed by atoms with Crippen molar-refractivity contribution in [3.8, 4) is 17.1 Å². The van der Waals surface area contributed by atoms with Crippen LogP contribution in [0.3, 0.4) is 0 Å². The first kappa shape index (κ1) is 10.6. The number of aromatic nitrogens is 2.